The zero-order valence-corrected chi connectivity index (χ0v) is 16.9. The SMILES string of the molecule is Cc1ccc(C)c(-c2ccc(=O)n([C@@H](C)C(=O)Nc3cccc(C)c3C)n2)c1. The summed E-state index contributed by atoms with van der Waals surface area (Å²) in [5.74, 6) is -0.276. The van der Waals surface area contributed by atoms with Crippen LogP contribution < -0.4 is 10.9 Å². The van der Waals surface area contributed by atoms with Gasteiger partial charge in [-0.3, -0.25) is 9.59 Å². The summed E-state index contributed by atoms with van der Waals surface area (Å²) in [6.07, 6.45) is 0. The van der Waals surface area contributed by atoms with Gasteiger partial charge in [0.15, 0.2) is 0 Å². The van der Waals surface area contributed by atoms with Gasteiger partial charge in [-0.05, 0) is 69.5 Å². The van der Waals surface area contributed by atoms with Crippen LogP contribution in [0.4, 0.5) is 5.69 Å². The van der Waals surface area contributed by atoms with Gasteiger partial charge in [-0.25, -0.2) is 4.68 Å². The molecule has 1 atom stereocenters. The average molecular weight is 375 g/mol. The molecule has 1 heterocycles. The smallest absolute Gasteiger partial charge is 0.267 e. The summed E-state index contributed by atoms with van der Waals surface area (Å²) >= 11 is 0. The maximum absolute atomic E-state index is 12.8. The molecule has 1 N–H and O–H groups in total. The molecule has 5 heteroatoms. The van der Waals surface area contributed by atoms with E-state index in [1.54, 1.807) is 13.0 Å². The van der Waals surface area contributed by atoms with Gasteiger partial charge in [0.25, 0.3) is 5.56 Å². The molecule has 0 spiro atoms. The first-order chi connectivity index (χ1) is 13.3. The highest BCUT2D eigenvalue weighted by Crippen LogP contribution is 2.23. The van der Waals surface area contributed by atoms with E-state index in [-0.39, 0.29) is 11.5 Å². The number of nitrogens with one attached hydrogen (secondary N) is 1. The molecule has 1 amide bonds. The quantitative estimate of drug-likeness (QED) is 0.738. The van der Waals surface area contributed by atoms with Gasteiger partial charge in [0.2, 0.25) is 5.91 Å². The molecule has 0 aliphatic heterocycles. The summed E-state index contributed by atoms with van der Waals surface area (Å²) in [7, 11) is 0. The van der Waals surface area contributed by atoms with Crippen molar-refractivity contribution in [3.05, 3.63) is 81.1 Å². The number of carbonyl (C=O) groups excluding carboxylic acids is 1. The summed E-state index contributed by atoms with van der Waals surface area (Å²) in [6.45, 7) is 9.65. The summed E-state index contributed by atoms with van der Waals surface area (Å²) in [5, 5.41) is 7.41. The predicted octanol–water partition coefficient (Wildman–Crippen LogP) is 4.34. The highest BCUT2D eigenvalue weighted by Gasteiger charge is 2.19. The van der Waals surface area contributed by atoms with Crippen molar-refractivity contribution < 1.29 is 4.79 Å². The standard InChI is InChI=1S/C23H25N3O2/c1-14-9-10-16(3)19(13-14)21-11-12-22(27)26(25-21)18(5)23(28)24-20-8-6-7-15(2)17(20)4/h6-13,18H,1-5H3,(H,24,28)/t18-/m0/s1. The van der Waals surface area contributed by atoms with Gasteiger partial charge in [0.05, 0.1) is 5.69 Å². The van der Waals surface area contributed by atoms with Gasteiger partial charge in [-0.2, -0.15) is 5.10 Å². The van der Waals surface area contributed by atoms with Crippen LogP contribution in [-0.4, -0.2) is 15.7 Å². The van der Waals surface area contributed by atoms with E-state index in [0.29, 0.717) is 5.69 Å². The van der Waals surface area contributed by atoms with E-state index in [4.69, 9.17) is 0 Å². The van der Waals surface area contributed by atoms with Gasteiger partial charge in [0.1, 0.15) is 6.04 Å². The van der Waals surface area contributed by atoms with Crippen LogP contribution in [0.3, 0.4) is 0 Å². The molecule has 5 nitrogen and oxygen atoms in total. The molecule has 0 saturated heterocycles. The summed E-state index contributed by atoms with van der Waals surface area (Å²) in [5.41, 5.74) is 6.35. The van der Waals surface area contributed by atoms with E-state index in [9.17, 15) is 9.59 Å². The molecule has 0 aliphatic carbocycles. The molecule has 0 radical (unpaired) electrons. The Balaban J connectivity index is 1.94. The highest BCUT2D eigenvalue weighted by molar-refractivity contribution is 5.94. The molecule has 1 aromatic heterocycles. The topological polar surface area (TPSA) is 64.0 Å². The Morgan fingerprint density at radius 2 is 1.75 bits per heavy atom. The number of hydrogen-bond donors (Lipinski definition) is 1. The molecule has 0 unspecified atom stereocenters. The minimum Gasteiger partial charge on any atom is -0.324 e. The first-order valence-electron chi connectivity index (χ1n) is 9.32. The molecular formula is C23H25N3O2. The van der Waals surface area contributed by atoms with E-state index in [1.807, 2.05) is 64.1 Å². The Morgan fingerprint density at radius 1 is 1.00 bits per heavy atom. The van der Waals surface area contributed by atoms with Crippen molar-refractivity contribution in [2.45, 2.75) is 40.7 Å². The third-order valence-electron chi connectivity index (χ3n) is 5.10. The lowest BCUT2D eigenvalue weighted by Gasteiger charge is -2.17. The van der Waals surface area contributed by atoms with Crippen molar-refractivity contribution in [2.75, 3.05) is 5.32 Å². The van der Waals surface area contributed by atoms with E-state index in [1.165, 1.54) is 10.7 Å². The third kappa shape index (κ3) is 3.88. The number of anilines is 1. The number of aryl methyl sites for hydroxylation is 3. The lowest BCUT2D eigenvalue weighted by atomic mass is 10.0. The maximum atomic E-state index is 12.8. The number of carbonyl (C=O) groups is 1. The van der Waals surface area contributed by atoms with Crippen LogP contribution in [0.1, 0.15) is 35.2 Å². The Labute approximate surface area is 165 Å². The van der Waals surface area contributed by atoms with Crippen molar-refractivity contribution in [3.8, 4) is 11.3 Å². The molecule has 0 saturated carbocycles. The fraction of sp³-hybridized carbons (Fsp3) is 0.261. The van der Waals surface area contributed by atoms with Gasteiger partial charge in [-0.15, -0.1) is 0 Å². The lowest BCUT2D eigenvalue weighted by Crippen LogP contribution is -2.33. The molecule has 0 bridgehead atoms. The molecule has 3 rings (SSSR count). The number of nitrogens with zero attached hydrogens (tertiary/aromatic N) is 2. The monoisotopic (exact) mass is 375 g/mol. The minimum absolute atomic E-state index is 0.276. The number of amides is 1. The first-order valence-corrected chi connectivity index (χ1v) is 9.32. The van der Waals surface area contributed by atoms with Gasteiger partial charge >= 0.3 is 0 Å². The Bertz CT molecular complexity index is 1100. The second-order valence-corrected chi connectivity index (χ2v) is 7.23. The van der Waals surface area contributed by atoms with Gasteiger partial charge in [0, 0.05) is 17.3 Å². The van der Waals surface area contributed by atoms with E-state index in [0.717, 1.165) is 33.5 Å². The van der Waals surface area contributed by atoms with Crippen LogP contribution in [0.15, 0.2) is 53.3 Å². The number of benzene rings is 2. The maximum Gasteiger partial charge on any atom is 0.267 e. The highest BCUT2D eigenvalue weighted by atomic mass is 16.2. The van der Waals surface area contributed by atoms with Crippen LogP contribution in [0, 0.1) is 27.7 Å². The molecular weight excluding hydrogens is 350 g/mol. The largest absolute Gasteiger partial charge is 0.324 e. The normalized spacial score (nSPS) is 11.9. The zero-order chi connectivity index (χ0) is 20.4. The third-order valence-corrected chi connectivity index (χ3v) is 5.10. The molecule has 28 heavy (non-hydrogen) atoms. The van der Waals surface area contributed by atoms with E-state index < -0.39 is 6.04 Å². The average Bonchev–Trinajstić information content (AvgIpc) is 2.67. The van der Waals surface area contributed by atoms with Crippen LogP contribution in [-0.2, 0) is 4.79 Å². The number of hydrogen-bond acceptors (Lipinski definition) is 3. The summed E-state index contributed by atoms with van der Waals surface area (Å²) < 4.78 is 1.25. The van der Waals surface area contributed by atoms with Crippen molar-refractivity contribution in [1.82, 2.24) is 9.78 Å². The fourth-order valence-corrected chi connectivity index (χ4v) is 3.09. The number of aromatic nitrogens is 2. The fourth-order valence-electron chi connectivity index (χ4n) is 3.09. The Hall–Kier alpha value is -3.21. The predicted molar refractivity (Wildman–Crippen MR) is 113 cm³/mol. The van der Waals surface area contributed by atoms with E-state index in [2.05, 4.69) is 10.4 Å². The zero-order valence-electron chi connectivity index (χ0n) is 16.9. The summed E-state index contributed by atoms with van der Waals surface area (Å²) in [6, 6.07) is 14.3. The van der Waals surface area contributed by atoms with Crippen molar-refractivity contribution in [3.63, 3.8) is 0 Å². The van der Waals surface area contributed by atoms with Crippen LogP contribution in [0.2, 0.25) is 0 Å². The van der Waals surface area contributed by atoms with Gasteiger partial charge < -0.3 is 5.32 Å². The van der Waals surface area contributed by atoms with Crippen LogP contribution in [0.25, 0.3) is 11.3 Å². The van der Waals surface area contributed by atoms with Crippen molar-refractivity contribution >= 4 is 11.6 Å². The Morgan fingerprint density at radius 3 is 2.50 bits per heavy atom. The van der Waals surface area contributed by atoms with Crippen molar-refractivity contribution in [2.24, 2.45) is 0 Å². The number of rotatable bonds is 4. The minimum atomic E-state index is -0.738. The Kier molecular flexibility index (Phi) is 5.45. The first kappa shape index (κ1) is 19.5. The molecule has 3 aromatic rings. The molecule has 0 aliphatic rings. The molecule has 0 fully saturated rings. The summed E-state index contributed by atoms with van der Waals surface area (Å²) in [4.78, 5) is 25.2. The lowest BCUT2D eigenvalue weighted by molar-refractivity contribution is -0.119. The molecule has 2 aromatic carbocycles. The second kappa shape index (κ2) is 7.80. The van der Waals surface area contributed by atoms with Gasteiger partial charge in [-0.1, -0.05) is 29.8 Å². The van der Waals surface area contributed by atoms with E-state index >= 15 is 0 Å². The van der Waals surface area contributed by atoms with Crippen molar-refractivity contribution in [1.29, 1.82) is 0 Å². The van der Waals surface area contributed by atoms with Crippen LogP contribution >= 0.6 is 0 Å². The second-order valence-electron chi connectivity index (χ2n) is 7.23. The molecule has 144 valence electrons. The van der Waals surface area contributed by atoms with Crippen LogP contribution in [0.5, 0.6) is 0 Å².